The summed E-state index contributed by atoms with van der Waals surface area (Å²) in [6.07, 6.45) is -0.654. The molecule has 2 aliphatic rings. The van der Waals surface area contributed by atoms with Gasteiger partial charge >= 0.3 is 5.97 Å². The molecule has 2 aliphatic heterocycles. The van der Waals surface area contributed by atoms with Gasteiger partial charge in [-0.15, -0.1) is 0 Å². The van der Waals surface area contributed by atoms with Crippen LogP contribution in [0.1, 0.15) is 28.4 Å². The monoisotopic (exact) mass is 476 g/mol. The Morgan fingerprint density at radius 2 is 1.72 bits per heavy atom. The van der Waals surface area contributed by atoms with Crippen molar-refractivity contribution in [2.45, 2.75) is 18.6 Å². The van der Waals surface area contributed by atoms with Crippen LogP contribution in [0, 0.1) is 24.2 Å². The number of rotatable bonds is 3. The number of methoxy groups -OCH3 is 1. The van der Waals surface area contributed by atoms with Gasteiger partial charge in [0.2, 0.25) is 11.5 Å². The van der Waals surface area contributed by atoms with Crippen LogP contribution in [0.5, 0.6) is 5.88 Å². The Balaban J connectivity index is 1.71. The van der Waals surface area contributed by atoms with Gasteiger partial charge in [0.25, 0.3) is 0 Å². The maximum absolute atomic E-state index is 13.9. The number of aromatic nitrogens is 1. The third kappa shape index (κ3) is 2.86. The molecule has 3 atom stereocenters. The predicted molar refractivity (Wildman–Crippen MR) is 135 cm³/mol. The molecule has 0 fully saturated rings. The van der Waals surface area contributed by atoms with Gasteiger partial charge in [-0.25, -0.2) is 4.79 Å². The third-order valence-corrected chi connectivity index (χ3v) is 7.27. The molecule has 0 aliphatic carbocycles. The number of hydrogen-bond donors (Lipinski definition) is 0. The number of benzene rings is 3. The standard InChI is InChI=1S/C30H24N2O4/c1-18-13-15-20(16-14-18)26-22(17-31)24-27(19-9-5-4-6-10-19)35-28-25(30(24,36-26)29(33)34-3)21-11-7-8-12-23(21)32(28)2/h4-16,24,27H,1-3H3/t24-,27-,30-/m1/s1. The minimum atomic E-state index is -1.60. The first kappa shape index (κ1) is 22.0. The van der Waals surface area contributed by atoms with Gasteiger partial charge in [-0.05, 0) is 18.6 Å². The number of fused-ring (bicyclic) bond motifs is 5. The molecule has 36 heavy (non-hydrogen) atoms. The first-order valence-corrected chi connectivity index (χ1v) is 11.8. The second-order valence-electron chi connectivity index (χ2n) is 9.23. The van der Waals surface area contributed by atoms with Gasteiger partial charge in [-0.3, -0.25) is 0 Å². The summed E-state index contributed by atoms with van der Waals surface area (Å²) in [4.78, 5) is 13.9. The molecule has 0 radical (unpaired) electrons. The Morgan fingerprint density at radius 1 is 1.03 bits per heavy atom. The number of esters is 1. The van der Waals surface area contributed by atoms with Gasteiger partial charge in [0, 0.05) is 18.0 Å². The molecule has 6 rings (SSSR count). The molecule has 4 aromatic rings. The molecule has 0 bridgehead atoms. The summed E-state index contributed by atoms with van der Waals surface area (Å²) in [7, 11) is 3.26. The van der Waals surface area contributed by atoms with Gasteiger partial charge in [0.1, 0.15) is 11.9 Å². The van der Waals surface area contributed by atoms with E-state index in [0.717, 1.165) is 27.6 Å². The summed E-state index contributed by atoms with van der Waals surface area (Å²) in [5, 5.41) is 11.3. The van der Waals surface area contributed by atoms with E-state index in [1.807, 2.05) is 97.4 Å². The second kappa shape index (κ2) is 8.03. The second-order valence-corrected chi connectivity index (χ2v) is 9.23. The van der Waals surface area contributed by atoms with Crippen molar-refractivity contribution in [3.05, 3.63) is 107 Å². The lowest BCUT2D eigenvalue weighted by molar-refractivity contribution is -0.171. The zero-order valence-corrected chi connectivity index (χ0v) is 20.2. The minimum absolute atomic E-state index is 0.358. The van der Waals surface area contributed by atoms with Crippen molar-refractivity contribution in [2.24, 2.45) is 13.0 Å². The van der Waals surface area contributed by atoms with Crippen LogP contribution in [0.3, 0.4) is 0 Å². The van der Waals surface area contributed by atoms with Crippen molar-refractivity contribution in [1.29, 1.82) is 5.26 Å². The quantitative estimate of drug-likeness (QED) is 0.362. The molecule has 0 saturated heterocycles. The van der Waals surface area contributed by atoms with Gasteiger partial charge < -0.3 is 18.8 Å². The molecule has 0 saturated carbocycles. The summed E-state index contributed by atoms with van der Waals surface area (Å²) >= 11 is 0. The van der Waals surface area contributed by atoms with Crippen LogP contribution in [-0.4, -0.2) is 17.6 Å². The molecule has 178 valence electrons. The molecule has 0 unspecified atom stereocenters. The van der Waals surface area contributed by atoms with Crippen LogP contribution in [0.25, 0.3) is 16.7 Å². The average Bonchev–Trinajstić information content (AvgIpc) is 3.42. The van der Waals surface area contributed by atoms with Gasteiger partial charge in [0.15, 0.2) is 0 Å². The lowest BCUT2D eigenvalue weighted by Gasteiger charge is -2.41. The Bertz CT molecular complexity index is 1580. The first-order chi connectivity index (χ1) is 17.5. The molecule has 6 heteroatoms. The fourth-order valence-electron chi connectivity index (χ4n) is 5.62. The molecule has 6 nitrogen and oxygen atoms in total. The zero-order valence-electron chi connectivity index (χ0n) is 20.2. The van der Waals surface area contributed by atoms with Crippen molar-refractivity contribution in [3.63, 3.8) is 0 Å². The van der Waals surface area contributed by atoms with E-state index in [4.69, 9.17) is 14.2 Å². The Morgan fingerprint density at radius 3 is 2.42 bits per heavy atom. The number of carbonyl (C=O) groups excluding carboxylic acids is 1. The number of para-hydroxylation sites is 1. The number of hydrogen-bond acceptors (Lipinski definition) is 5. The smallest absolute Gasteiger partial charge is 0.356 e. The Kier molecular flexibility index (Phi) is 4.90. The summed E-state index contributed by atoms with van der Waals surface area (Å²) in [5.41, 5.74) is 2.88. The summed E-state index contributed by atoms with van der Waals surface area (Å²) < 4.78 is 20.8. The molecule has 1 aromatic heterocycles. The first-order valence-electron chi connectivity index (χ1n) is 11.8. The molecular formula is C30H24N2O4. The van der Waals surface area contributed by atoms with E-state index in [2.05, 4.69) is 6.07 Å². The highest BCUT2D eigenvalue weighted by atomic mass is 16.6. The Hall–Kier alpha value is -4.50. The highest BCUT2D eigenvalue weighted by molar-refractivity contribution is 5.98. The van der Waals surface area contributed by atoms with E-state index in [9.17, 15) is 10.1 Å². The van der Waals surface area contributed by atoms with Crippen LogP contribution in [0.2, 0.25) is 0 Å². The largest absolute Gasteiger partial charge is 0.469 e. The van der Waals surface area contributed by atoms with Gasteiger partial charge in [-0.1, -0.05) is 78.4 Å². The van der Waals surface area contributed by atoms with Crippen molar-refractivity contribution in [2.75, 3.05) is 7.11 Å². The normalized spacial score (nSPS) is 22.3. The fourth-order valence-corrected chi connectivity index (χ4v) is 5.62. The third-order valence-electron chi connectivity index (χ3n) is 7.27. The van der Waals surface area contributed by atoms with Crippen LogP contribution in [0.15, 0.2) is 84.4 Å². The lowest BCUT2D eigenvalue weighted by atomic mass is 9.72. The highest BCUT2D eigenvalue weighted by Gasteiger charge is 2.66. The van der Waals surface area contributed by atoms with Gasteiger partial charge in [0.05, 0.1) is 35.8 Å². The molecule has 0 amide bonds. The highest BCUT2D eigenvalue weighted by Crippen LogP contribution is 2.62. The average molecular weight is 477 g/mol. The summed E-state index contributed by atoms with van der Waals surface area (Å²) in [6, 6.07) is 27.5. The molecule has 3 aromatic carbocycles. The minimum Gasteiger partial charge on any atom is -0.469 e. The van der Waals surface area contributed by atoms with Crippen molar-refractivity contribution < 1.29 is 19.0 Å². The Labute approximate surface area is 208 Å². The van der Waals surface area contributed by atoms with E-state index < -0.39 is 23.6 Å². The number of nitriles is 1. The summed E-state index contributed by atoms with van der Waals surface area (Å²) in [5.74, 6) is -0.427. The number of ether oxygens (including phenoxy) is 3. The number of carbonyl (C=O) groups is 1. The van der Waals surface area contributed by atoms with Crippen LogP contribution in [-0.2, 0) is 26.9 Å². The maximum Gasteiger partial charge on any atom is 0.356 e. The van der Waals surface area contributed by atoms with Crippen molar-refractivity contribution in [1.82, 2.24) is 4.57 Å². The fraction of sp³-hybridized carbons (Fsp3) is 0.200. The molecular weight excluding hydrogens is 452 g/mol. The van der Waals surface area contributed by atoms with Crippen LogP contribution < -0.4 is 4.74 Å². The van der Waals surface area contributed by atoms with Crippen molar-refractivity contribution >= 4 is 22.6 Å². The molecule has 3 heterocycles. The lowest BCUT2D eigenvalue weighted by Crippen LogP contribution is -2.49. The van der Waals surface area contributed by atoms with Crippen LogP contribution in [0.4, 0.5) is 0 Å². The zero-order chi connectivity index (χ0) is 25.0. The summed E-state index contributed by atoms with van der Waals surface area (Å²) in [6.45, 7) is 2.00. The van der Waals surface area contributed by atoms with E-state index in [0.29, 0.717) is 22.8 Å². The van der Waals surface area contributed by atoms with E-state index in [1.54, 1.807) is 0 Å². The van der Waals surface area contributed by atoms with E-state index in [1.165, 1.54) is 7.11 Å². The molecule has 0 N–H and O–H groups in total. The molecule has 0 spiro atoms. The van der Waals surface area contributed by atoms with Crippen molar-refractivity contribution in [3.8, 4) is 11.9 Å². The maximum atomic E-state index is 13.9. The SMILES string of the molecule is COC(=O)[C@@]12OC(c3ccc(C)cc3)=C(C#N)[C@@H]1[C@@H](c1ccccc1)Oc1c2c2ccccc2n1C. The predicted octanol–water partition coefficient (Wildman–Crippen LogP) is 5.57. The van der Waals surface area contributed by atoms with Crippen LogP contribution >= 0.6 is 0 Å². The topological polar surface area (TPSA) is 73.5 Å². The van der Waals surface area contributed by atoms with E-state index >= 15 is 0 Å². The number of aryl methyl sites for hydroxylation is 2. The number of nitrogens with zero attached hydrogens (tertiary/aromatic N) is 2. The van der Waals surface area contributed by atoms with E-state index in [-0.39, 0.29) is 0 Å². The van der Waals surface area contributed by atoms with Gasteiger partial charge in [-0.2, -0.15) is 5.26 Å².